The van der Waals surface area contributed by atoms with Crippen LogP contribution in [0.1, 0.15) is 16.7 Å². The van der Waals surface area contributed by atoms with E-state index in [1.807, 2.05) is 30.3 Å². The van der Waals surface area contributed by atoms with Crippen LogP contribution in [0, 0.1) is 5.82 Å². The van der Waals surface area contributed by atoms with Crippen molar-refractivity contribution >= 4 is 15.9 Å². The highest BCUT2D eigenvalue weighted by Crippen LogP contribution is 2.27. The Morgan fingerprint density at radius 3 is 2.14 bits per heavy atom. The molecule has 0 unspecified atom stereocenters. The molecule has 3 rings (SSSR count). The van der Waals surface area contributed by atoms with Gasteiger partial charge in [-0.3, -0.25) is 4.90 Å². The van der Waals surface area contributed by atoms with E-state index in [2.05, 4.69) is 33.0 Å². The summed E-state index contributed by atoms with van der Waals surface area (Å²) in [6.45, 7) is 2.21. The molecule has 146 valence electrons. The standard InChI is InChI=1S/C23H23BrFNO2/c1-28-23-11-6-19(14-22(23)27)16-26(15-18-4-9-21(25)10-5-18)13-12-17-2-7-20(24)8-3-17/h2-11,14,27H,12-13,15-16H2,1H3. The van der Waals surface area contributed by atoms with E-state index in [1.54, 1.807) is 12.1 Å². The van der Waals surface area contributed by atoms with Crippen LogP contribution in [0.5, 0.6) is 11.5 Å². The monoisotopic (exact) mass is 443 g/mol. The maximum Gasteiger partial charge on any atom is 0.160 e. The minimum Gasteiger partial charge on any atom is -0.504 e. The SMILES string of the molecule is COc1ccc(CN(CCc2ccc(Br)cc2)Cc2ccc(F)cc2)cc1O. The highest BCUT2D eigenvalue weighted by Gasteiger charge is 2.10. The Labute approximate surface area is 173 Å². The van der Waals surface area contributed by atoms with Crippen molar-refractivity contribution in [2.24, 2.45) is 0 Å². The number of ether oxygens (including phenoxy) is 1. The van der Waals surface area contributed by atoms with Crippen molar-refractivity contribution < 1.29 is 14.2 Å². The highest BCUT2D eigenvalue weighted by atomic mass is 79.9. The molecule has 0 spiro atoms. The molecule has 0 bridgehead atoms. The molecule has 0 aliphatic heterocycles. The van der Waals surface area contributed by atoms with Crippen molar-refractivity contribution in [1.29, 1.82) is 0 Å². The molecule has 0 aliphatic carbocycles. The number of phenolic OH excluding ortho intramolecular Hbond substituents is 1. The summed E-state index contributed by atoms with van der Waals surface area (Å²) in [7, 11) is 1.54. The largest absolute Gasteiger partial charge is 0.504 e. The second-order valence-corrected chi connectivity index (χ2v) is 7.64. The zero-order valence-corrected chi connectivity index (χ0v) is 17.3. The first-order chi connectivity index (χ1) is 13.5. The zero-order chi connectivity index (χ0) is 19.9. The van der Waals surface area contributed by atoms with Crippen molar-refractivity contribution in [3.8, 4) is 11.5 Å². The van der Waals surface area contributed by atoms with Crippen molar-refractivity contribution in [3.05, 3.63) is 93.7 Å². The highest BCUT2D eigenvalue weighted by molar-refractivity contribution is 9.10. The molecule has 0 aliphatic rings. The lowest BCUT2D eigenvalue weighted by atomic mass is 10.1. The van der Waals surface area contributed by atoms with Crippen LogP contribution in [0.3, 0.4) is 0 Å². The molecule has 0 atom stereocenters. The summed E-state index contributed by atoms with van der Waals surface area (Å²) in [6, 6.07) is 20.4. The average Bonchev–Trinajstić information content (AvgIpc) is 2.69. The third-order valence-corrected chi connectivity index (χ3v) is 5.13. The van der Waals surface area contributed by atoms with E-state index in [4.69, 9.17) is 4.74 Å². The Morgan fingerprint density at radius 1 is 0.893 bits per heavy atom. The Balaban J connectivity index is 1.73. The summed E-state index contributed by atoms with van der Waals surface area (Å²) in [5, 5.41) is 10.1. The summed E-state index contributed by atoms with van der Waals surface area (Å²) in [5.74, 6) is 0.364. The van der Waals surface area contributed by atoms with E-state index in [0.717, 1.165) is 28.6 Å². The normalized spacial score (nSPS) is 11.0. The first-order valence-electron chi connectivity index (χ1n) is 9.10. The van der Waals surface area contributed by atoms with Gasteiger partial charge in [0.05, 0.1) is 7.11 Å². The van der Waals surface area contributed by atoms with Gasteiger partial charge < -0.3 is 9.84 Å². The lowest BCUT2D eigenvalue weighted by Gasteiger charge is -2.23. The molecule has 28 heavy (non-hydrogen) atoms. The van der Waals surface area contributed by atoms with E-state index < -0.39 is 0 Å². The van der Waals surface area contributed by atoms with Gasteiger partial charge in [-0.05, 0) is 59.5 Å². The summed E-state index contributed by atoms with van der Waals surface area (Å²) in [4.78, 5) is 2.29. The molecule has 0 saturated heterocycles. The fraction of sp³-hybridized carbons (Fsp3) is 0.217. The predicted octanol–water partition coefficient (Wildman–Crippen LogP) is 5.55. The zero-order valence-electron chi connectivity index (χ0n) is 15.7. The van der Waals surface area contributed by atoms with Crippen molar-refractivity contribution in [3.63, 3.8) is 0 Å². The molecule has 5 heteroatoms. The van der Waals surface area contributed by atoms with Crippen LogP contribution in [-0.4, -0.2) is 23.7 Å². The molecule has 3 nitrogen and oxygen atoms in total. The number of nitrogens with zero attached hydrogens (tertiary/aromatic N) is 1. The lowest BCUT2D eigenvalue weighted by molar-refractivity contribution is 0.259. The van der Waals surface area contributed by atoms with Gasteiger partial charge in [-0.15, -0.1) is 0 Å². The van der Waals surface area contributed by atoms with E-state index in [1.165, 1.54) is 24.8 Å². The number of methoxy groups -OCH3 is 1. The van der Waals surface area contributed by atoms with Crippen molar-refractivity contribution in [1.82, 2.24) is 4.90 Å². The van der Waals surface area contributed by atoms with Gasteiger partial charge in [0.2, 0.25) is 0 Å². The van der Waals surface area contributed by atoms with Crippen molar-refractivity contribution in [2.45, 2.75) is 19.5 Å². The molecule has 0 saturated carbocycles. The number of hydrogen-bond donors (Lipinski definition) is 1. The molecular weight excluding hydrogens is 421 g/mol. The van der Waals surface area contributed by atoms with E-state index >= 15 is 0 Å². The first kappa shape index (κ1) is 20.4. The van der Waals surface area contributed by atoms with Crippen LogP contribution in [0.15, 0.2) is 71.2 Å². The number of benzene rings is 3. The van der Waals surface area contributed by atoms with Gasteiger partial charge in [-0.25, -0.2) is 4.39 Å². The topological polar surface area (TPSA) is 32.7 Å². The van der Waals surface area contributed by atoms with Crippen LogP contribution in [-0.2, 0) is 19.5 Å². The molecule has 3 aromatic rings. The van der Waals surface area contributed by atoms with Gasteiger partial charge in [0, 0.05) is 24.1 Å². The predicted molar refractivity (Wildman–Crippen MR) is 113 cm³/mol. The maximum absolute atomic E-state index is 13.2. The minimum atomic E-state index is -0.231. The van der Waals surface area contributed by atoms with E-state index in [-0.39, 0.29) is 11.6 Å². The molecule has 3 aromatic carbocycles. The molecule has 0 heterocycles. The number of hydrogen-bond acceptors (Lipinski definition) is 3. The number of aromatic hydroxyl groups is 1. The molecule has 1 N–H and O–H groups in total. The Hall–Kier alpha value is -2.37. The minimum absolute atomic E-state index is 0.134. The molecule has 0 radical (unpaired) electrons. The van der Waals surface area contributed by atoms with Gasteiger partial charge in [0.1, 0.15) is 5.82 Å². The third kappa shape index (κ3) is 5.81. The summed E-state index contributed by atoms with van der Waals surface area (Å²) >= 11 is 3.46. The lowest BCUT2D eigenvalue weighted by Crippen LogP contribution is -2.25. The van der Waals surface area contributed by atoms with Crippen LogP contribution in [0.2, 0.25) is 0 Å². The number of rotatable bonds is 8. The molecular formula is C23H23BrFNO2. The third-order valence-electron chi connectivity index (χ3n) is 4.60. The Kier molecular flexibility index (Phi) is 7.06. The molecule has 0 amide bonds. The van der Waals surface area contributed by atoms with Gasteiger partial charge >= 0.3 is 0 Å². The summed E-state index contributed by atoms with van der Waals surface area (Å²) in [5.41, 5.74) is 3.30. The average molecular weight is 444 g/mol. The smallest absolute Gasteiger partial charge is 0.160 e. The first-order valence-corrected chi connectivity index (χ1v) is 9.90. The fourth-order valence-corrected chi connectivity index (χ4v) is 3.36. The van der Waals surface area contributed by atoms with Crippen LogP contribution in [0.4, 0.5) is 4.39 Å². The number of phenols is 1. The van der Waals surface area contributed by atoms with Crippen molar-refractivity contribution in [2.75, 3.05) is 13.7 Å². The van der Waals surface area contributed by atoms with E-state index in [9.17, 15) is 9.50 Å². The van der Waals surface area contributed by atoms with Crippen LogP contribution >= 0.6 is 15.9 Å². The fourth-order valence-electron chi connectivity index (χ4n) is 3.09. The second-order valence-electron chi connectivity index (χ2n) is 6.72. The Morgan fingerprint density at radius 2 is 1.50 bits per heavy atom. The second kappa shape index (κ2) is 9.71. The quantitative estimate of drug-likeness (QED) is 0.495. The van der Waals surface area contributed by atoms with Gasteiger partial charge in [0.25, 0.3) is 0 Å². The van der Waals surface area contributed by atoms with Gasteiger partial charge in [-0.1, -0.05) is 46.3 Å². The molecule has 0 fully saturated rings. The Bertz CT molecular complexity index is 897. The van der Waals surface area contributed by atoms with Crippen LogP contribution < -0.4 is 4.74 Å². The summed E-state index contributed by atoms with van der Waals surface area (Å²) in [6.07, 6.45) is 0.899. The maximum atomic E-state index is 13.2. The van der Waals surface area contributed by atoms with Crippen LogP contribution in [0.25, 0.3) is 0 Å². The summed E-state index contributed by atoms with van der Waals surface area (Å²) < 4.78 is 19.4. The van der Waals surface area contributed by atoms with E-state index in [0.29, 0.717) is 18.8 Å². The number of halogens is 2. The molecule has 0 aromatic heterocycles. The van der Waals surface area contributed by atoms with Gasteiger partial charge in [-0.2, -0.15) is 0 Å². The van der Waals surface area contributed by atoms with Gasteiger partial charge in [0.15, 0.2) is 11.5 Å².